The lowest BCUT2D eigenvalue weighted by Gasteiger charge is -2.15. The highest BCUT2D eigenvalue weighted by Crippen LogP contribution is 2.43. The van der Waals surface area contributed by atoms with Crippen LogP contribution in [-0.4, -0.2) is 9.67 Å². The molecule has 2 heterocycles. The zero-order chi connectivity index (χ0) is 11.8. The number of aromatic nitrogens is 1. The summed E-state index contributed by atoms with van der Waals surface area (Å²) in [5.41, 5.74) is 4.93. The molecule has 1 aromatic carbocycles. The molecule has 1 aliphatic rings. The summed E-state index contributed by atoms with van der Waals surface area (Å²) in [6.07, 6.45) is 0. The minimum atomic E-state index is 0.144. The molecule has 1 atom stereocenters. The van der Waals surface area contributed by atoms with Crippen LogP contribution in [0.5, 0.6) is 0 Å². The molecule has 1 aromatic heterocycles. The minimum Gasteiger partial charge on any atom is -0.392 e. The smallest absolute Gasteiger partial charge is 0.105 e. The molecule has 3 heteroatoms. The van der Waals surface area contributed by atoms with E-state index in [4.69, 9.17) is 0 Å². The average Bonchev–Trinajstić information content (AvgIpc) is 2.92. The van der Waals surface area contributed by atoms with Crippen molar-refractivity contribution in [1.82, 2.24) is 4.57 Å². The van der Waals surface area contributed by atoms with Crippen LogP contribution in [0, 0.1) is 6.92 Å². The van der Waals surface area contributed by atoms with E-state index in [1.54, 1.807) is 0 Å². The number of nitrogens with zero attached hydrogens (tertiary/aromatic N) is 1. The molecule has 17 heavy (non-hydrogen) atoms. The Morgan fingerprint density at radius 1 is 1.35 bits per heavy atom. The fourth-order valence-corrected chi connectivity index (χ4v) is 3.93. The number of hydrogen-bond donors (Lipinski definition) is 1. The van der Waals surface area contributed by atoms with E-state index < -0.39 is 0 Å². The highest BCUT2D eigenvalue weighted by molar-refractivity contribution is 7.99. The number of hydrogen-bond acceptors (Lipinski definition) is 2. The molecule has 2 nitrogen and oxygen atoms in total. The van der Waals surface area contributed by atoms with Crippen LogP contribution in [0.15, 0.2) is 36.4 Å². The van der Waals surface area contributed by atoms with Gasteiger partial charge < -0.3 is 9.67 Å². The van der Waals surface area contributed by atoms with Crippen molar-refractivity contribution in [2.45, 2.75) is 24.7 Å². The van der Waals surface area contributed by atoms with Crippen molar-refractivity contribution in [3.05, 3.63) is 58.9 Å². The summed E-state index contributed by atoms with van der Waals surface area (Å²) >= 11 is 1.93. The van der Waals surface area contributed by atoms with Crippen LogP contribution in [0.3, 0.4) is 0 Å². The lowest BCUT2D eigenvalue weighted by molar-refractivity contribution is 0.281. The predicted octanol–water partition coefficient (Wildman–Crippen LogP) is 3.08. The van der Waals surface area contributed by atoms with Gasteiger partial charge in [-0.05, 0) is 24.1 Å². The lowest BCUT2D eigenvalue weighted by atomic mass is 10.2. The van der Waals surface area contributed by atoms with Gasteiger partial charge in [-0.2, -0.15) is 0 Å². The van der Waals surface area contributed by atoms with E-state index in [9.17, 15) is 5.11 Å². The Morgan fingerprint density at radius 3 is 2.82 bits per heavy atom. The van der Waals surface area contributed by atoms with Gasteiger partial charge in [-0.3, -0.25) is 0 Å². The quantitative estimate of drug-likeness (QED) is 0.879. The number of benzene rings is 1. The standard InChI is InChI=1S/C14H15NOS/c1-10-7-12(8-16)13-9-17-14(15(10)13)11-5-3-2-4-6-11/h2-7,14,16H,8-9H2,1H3/t14-/m1/s1. The van der Waals surface area contributed by atoms with Crippen molar-refractivity contribution in [2.24, 2.45) is 0 Å². The van der Waals surface area contributed by atoms with Crippen LogP contribution < -0.4 is 0 Å². The van der Waals surface area contributed by atoms with Gasteiger partial charge in [-0.1, -0.05) is 30.3 Å². The maximum absolute atomic E-state index is 9.35. The molecule has 0 saturated carbocycles. The topological polar surface area (TPSA) is 25.2 Å². The molecule has 0 unspecified atom stereocenters. The zero-order valence-electron chi connectivity index (χ0n) is 9.76. The molecule has 2 aromatic rings. The van der Waals surface area contributed by atoms with Crippen LogP contribution in [0.1, 0.15) is 27.9 Å². The first-order valence-corrected chi connectivity index (χ1v) is 6.83. The Balaban J connectivity index is 2.07. The molecule has 0 fully saturated rings. The van der Waals surface area contributed by atoms with E-state index in [0.29, 0.717) is 5.37 Å². The van der Waals surface area contributed by atoms with Gasteiger partial charge in [-0.25, -0.2) is 0 Å². The van der Waals surface area contributed by atoms with E-state index in [1.165, 1.54) is 17.0 Å². The molecular weight excluding hydrogens is 230 g/mol. The third-order valence-corrected chi connectivity index (χ3v) is 4.53. The number of aliphatic hydroxyl groups is 1. The SMILES string of the molecule is Cc1cc(CO)c2n1[C@@H](c1ccccc1)SC2. The Bertz CT molecular complexity index is 533. The third kappa shape index (κ3) is 1.70. The maximum Gasteiger partial charge on any atom is 0.105 e. The fraction of sp³-hybridized carbons (Fsp3) is 0.286. The molecular formula is C14H15NOS. The van der Waals surface area contributed by atoms with Crippen LogP contribution >= 0.6 is 11.8 Å². The minimum absolute atomic E-state index is 0.144. The first-order valence-electron chi connectivity index (χ1n) is 5.78. The summed E-state index contributed by atoms with van der Waals surface area (Å²) in [6, 6.07) is 12.7. The van der Waals surface area contributed by atoms with Crippen LogP contribution in [0.4, 0.5) is 0 Å². The first kappa shape index (κ1) is 10.9. The number of fused-ring (bicyclic) bond motifs is 1. The van der Waals surface area contributed by atoms with Gasteiger partial charge in [0.1, 0.15) is 5.37 Å². The van der Waals surface area contributed by atoms with Crippen molar-refractivity contribution in [3.8, 4) is 0 Å². The van der Waals surface area contributed by atoms with Gasteiger partial charge in [0.25, 0.3) is 0 Å². The summed E-state index contributed by atoms with van der Waals surface area (Å²) in [7, 11) is 0. The van der Waals surface area contributed by atoms with Crippen LogP contribution in [0.25, 0.3) is 0 Å². The Labute approximate surface area is 105 Å². The second-order valence-corrected chi connectivity index (χ2v) is 5.43. The van der Waals surface area contributed by atoms with E-state index in [-0.39, 0.29) is 6.61 Å². The van der Waals surface area contributed by atoms with Gasteiger partial charge in [-0.15, -0.1) is 11.8 Å². The van der Waals surface area contributed by atoms with E-state index >= 15 is 0 Å². The number of rotatable bonds is 2. The highest BCUT2D eigenvalue weighted by atomic mass is 32.2. The van der Waals surface area contributed by atoms with Crippen LogP contribution in [-0.2, 0) is 12.4 Å². The molecule has 0 spiro atoms. The van der Waals surface area contributed by atoms with Gasteiger partial charge in [0.2, 0.25) is 0 Å². The normalized spacial score (nSPS) is 18.4. The highest BCUT2D eigenvalue weighted by Gasteiger charge is 2.27. The second-order valence-electron chi connectivity index (χ2n) is 4.36. The van der Waals surface area contributed by atoms with Gasteiger partial charge >= 0.3 is 0 Å². The number of thioether (sulfide) groups is 1. The van der Waals surface area contributed by atoms with Crippen LogP contribution in [0.2, 0.25) is 0 Å². The molecule has 0 aliphatic carbocycles. The molecule has 0 bridgehead atoms. The molecule has 1 aliphatic heterocycles. The number of aliphatic hydroxyl groups excluding tert-OH is 1. The Morgan fingerprint density at radius 2 is 2.12 bits per heavy atom. The molecule has 88 valence electrons. The van der Waals surface area contributed by atoms with Crippen molar-refractivity contribution in [1.29, 1.82) is 0 Å². The molecule has 1 N–H and O–H groups in total. The average molecular weight is 245 g/mol. The largest absolute Gasteiger partial charge is 0.392 e. The first-order chi connectivity index (χ1) is 8.31. The van der Waals surface area contributed by atoms with E-state index in [2.05, 4.69) is 41.8 Å². The zero-order valence-corrected chi connectivity index (χ0v) is 10.6. The monoisotopic (exact) mass is 245 g/mol. The Kier molecular flexibility index (Phi) is 2.73. The Hall–Kier alpha value is -1.19. The molecule has 0 amide bonds. The molecule has 0 saturated heterocycles. The maximum atomic E-state index is 9.35. The van der Waals surface area contributed by atoms with Gasteiger partial charge in [0.15, 0.2) is 0 Å². The van der Waals surface area contributed by atoms with E-state index in [1.807, 2.05) is 17.8 Å². The van der Waals surface area contributed by atoms with Crippen molar-refractivity contribution >= 4 is 11.8 Å². The van der Waals surface area contributed by atoms with Crippen molar-refractivity contribution in [3.63, 3.8) is 0 Å². The van der Waals surface area contributed by atoms with Gasteiger partial charge in [0, 0.05) is 17.1 Å². The molecule has 0 radical (unpaired) electrons. The second kappa shape index (κ2) is 4.24. The fourth-order valence-electron chi connectivity index (χ4n) is 2.49. The molecule has 3 rings (SSSR count). The third-order valence-electron chi connectivity index (χ3n) is 3.29. The summed E-state index contributed by atoms with van der Waals surface area (Å²) in [6.45, 7) is 2.26. The van der Waals surface area contributed by atoms with Crippen molar-refractivity contribution < 1.29 is 5.11 Å². The summed E-state index contributed by atoms with van der Waals surface area (Å²) in [4.78, 5) is 0. The summed E-state index contributed by atoms with van der Waals surface area (Å²) in [5.74, 6) is 0.989. The van der Waals surface area contributed by atoms with E-state index in [0.717, 1.165) is 11.3 Å². The summed E-state index contributed by atoms with van der Waals surface area (Å²) in [5, 5.41) is 9.72. The summed E-state index contributed by atoms with van der Waals surface area (Å²) < 4.78 is 2.35. The van der Waals surface area contributed by atoms with Crippen molar-refractivity contribution in [2.75, 3.05) is 0 Å². The predicted molar refractivity (Wildman–Crippen MR) is 71.0 cm³/mol. The lowest BCUT2D eigenvalue weighted by Crippen LogP contribution is -2.04. The van der Waals surface area contributed by atoms with Gasteiger partial charge in [0.05, 0.1) is 6.61 Å². The number of aryl methyl sites for hydroxylation is 1.